The molecule has 2 N–H and O–H groups in total. The Kier molecular flexibility index (Phi) is 4.44. The predicted molar refractivity (Wildman–Crippen MR) is 98.4 cm³/mol. The number of H-pyrrole nitrogens is 1. The van der Waals surface area contributed by atoms with Crippen LogP contribution in [0.5, 0.6) is 0 Å². The molecule has 3 heterocycles. The fraction of sp³-hybridized carbons (Fsp3) is 0.474. The molecule has 0 atom stereocenters. The van der Waals surface area contributed by atoms with Crippen LogP contribution in [-0.4, -0.2) is 44.9 Å². The first-order valence-electron chi connectivity index (χ1n) is 9.22. The summed E-state index contributed by atoms with van der Waals surface area (Å²) in [5.74, 6) is 1.45. The molecule has 1 fully saturated rings. The molecule has 26 heavy (non-hydrogen) atoms. The van der Waals surface area contributed by atoms with Crippen LogP contribution in [0.4, 0.5) is 5.82 Å². The van der Waals surface area contributed by atoms with Gasteiger partial charge in [0, 0.05) is 37.3 Å². The summed E-state index contributed by atoms with van der Waals surface area (Å²) in [5.41, 5.74) is 1.96. The first-order chi connectivity index (χ1) is 12.6. The Morgan fingerprint density at radius 1 is 1.27 bits per heavy atom. The van der Waals surface area contributed by atoms with Crippen LogP contribution in [0.2, 0.25) is 0 Å². The van der Waals surface area contributed by atoms with Crippen molar-refractivity contribution >= 4 is 11.7 Å². The number of carbonyl (C=O) groups excluding carboxylic acids is 1. The number of pyridine rings is 1. The zero-order valence-electron chi connectivity index (χ0n) is 14.9. The summed E-state index contributed by atoms with van der Waals surface area (Å²) in [6, 6.07) is 3.75. The molecule has 0 radical (unpaired) electrons. The zero-order chi connectivity index (χ0) is 18.1. The summed E-state index contributed by atoms with van der Waals surface area (Å²) >= 11 is 0. The molecule has 2 aromatic heterocycles. The number of rotatable bonds is 3. The third kappa shape index (κ3) is 3.21. The molecule has 0 spiro atoms. The summed E-state index contributed by atoms with van der Waals surface area (Å²) in [6.07, 6.45) is 6.53. The molecule has 1 aliphatic heterocycles. The maximum atomic E-state index is 12.8. The highest BCUT2D eigenvalue weighted by Gasteiger charge is 2.26. The number of aromatic amines is 1. The minimum absolute atomic E-state index is 0.188. The first-order valence-corrected chi connectivity index (χ1v) is 9.22. The van der Waals surface area contributed by atoms with E-state index in [0.717, 1.165) is 22.9 Å². The molecular weight excluding hydrogens is 330 g/mol. The van der Waals surface area contributed by atoms with Gasteiger partial charge in [0.2, 0.25) is 0 Å². The normalized spacial score (nSPS) is 17.2. The maximum Gasteiger partial charge on any atom is 0.260 e. The van der Waals surface area contributed by atoms with Gasteiger partial charge in [-0.1, -0.05) is 0 Å². The lowest BCUT2D eigenvalue weighted by molar-refractivity contribution is 0.0761. The molecule has 0 saturated heterocycles. The Labute approximate surface area is 151 Å². The van der Waals surface area contributed by atoms with E-state index in [0.29, 0.717) is 32.0 Å². The van der Waals surface area contributed by atoms with Crippen LogP contribution < -0.4 is 10.9 Å². The number of nitrogens with zero attached hydrogens (tertiary/aromatic N) is 3. The van der Waals surface area contributed by atoms with Crippen LogP contribution in [0.3, 0.4) is 0 Å². The number of aromatic nitrogens is 3. The fourth-order valence-electron chi connectivity index (χ4n) is 3.55. The molecule has 0 bridgehead atoms. The number of nitrogens with one attached hydrogen (secondary N) is 2. The second-order valence-electron chi connectivity index (χ2n) is 7.02. The third-order valence-corrected chi connectivity index (χ3v) is 5.24. The van der Waals surface area contributed by atoms with Crippen LogP contribution >= 0.6 is 0 Å². The van der Waals surface area contributed by atoms with E-state index in [2.05, 4.69) is 20.3 Å². The number of carbonyl (C=O) groups is 1. The van der Waals surface area contributed by atoms with E-state index in [1.54, 1.807) is 17.0 Å². The van der Waals surface area contributed by atoms with Crippen molar-refractivity contribution in [3.05, 3.63) is 51.3 Å². The van der Waals surface area contributed by atoms with Gasteiger partial charge >= 0.3 is 0 Å². The van der Waals surface area contributed by atoms with Crippen molar-refractivity contribution < 1.29 is 4.79 Å². The van der Waals surface area contributed by atoms with Gasteiger partial charge in [0.1, 0.15) is 17.2 Å². The molecule has 136 valence electrons. The molecule has 0 unspecified atom stereocenters. The van der Waals surface area contributed by atoms with Gasteiger partial charge in [-0.25, -0.2) is 9.97 Å². The number of aryl methyl sites for hydroxylation is 1. The molecule has 7 nitrogen and oxygen atoms in total. The van der Waals surface area contributed by atoms with E-state index in [4.69, 9.17) is 0 Å². The van der Waals surface area contributed by atoms with Crippen molar-refractivity contribution in [3.63, 3.8) is 0 Å². The van der Waals surface area contributed by atoms with E-state index in [9.17, 15) is 9.59 Å². The molecule has 4 rings (SSSR count). The topological polar surface area (TPSA) is 91.0 Å². The quantitative estimate of drug-likeness (QED) is 0.876. The first kappa shape index (κ1) is 16.8. The van der Waals surface area contributed by atoms with Crippen molar-refractivity contribution in [2.24, 2.45) is 0 Å². The molecule has 1 saturated carbocycles. The highest BCUT2D eigenvalue weighted by atomic mass is 16.2. The molecule has 1 aliphatic carbocycles. The Balaban J connectivity index is 1.57. The lowest BCUT2D eigenvalue weighted by atomic mass is 9.93. The average molecular weight is 353 g/mol. The van der Waals surface area contributed by atoms with Gasteiger partial charge < -0.3 is 15.2 Å². The van der Waals surface area contributed by atoms with Gasteiger partial charge in [-0.15, -0.1) is 0 Å². The van der Waals surface area contributed by atoms with Crippen LogP contribution in [-0.2, 0) is 12.8 Å². The second-order valence-corrected chi connectivity index (χ2v) is 7.02. The smallest absolute Gasteiger partial charge is 0.260 e. The van der Waals surface area contributed by atoms with Gasteiger partial charge in [0.25, 0.3) is 11.5 Å². The van der Waals surface area contributed by atoms with Crippen LogP contribution in [0.15, 0.2) is 23.1 Å². The van der Waals surface area contributed by atoms with Gasteiger partial charge in [-0.05, 0) is 44.7 Å². The lowest BCUT2D eigenvalue weighted by Crippen LogP contribution is -2.36. The molecular formula is C19H23N5O2. The highest BCUT2D eigenvalue weighted by molar-refractivity contribution is 5.93. The van der Waals surface area contributed by atoms with Crippen LogP contribution in [0, 0.1) is 6.92 Å². The van der Waals surface area contributed by atoms with Crippen LogP contribution in [0.1, 0.15) is 46.7 Å². The number of amides is 1. The second kappa shape index (κ2) is 6.90. The Morgan fingerprint density at radius 3 is 2.81 bits per heavy atom. The van der Waals surface area contributed by atoms with Crippen molar-refractivity contribution in [1.82, 2.24) is 19.9 Å². The minimum atomic E-state index is -0.345. The summed E-state index contributed by atoms with van der Waals surface area (Å²) in [7, 11) is 0. The van der Waals surface area contributed by atoms with E-state index in [-0.39, 0.29) is 17.0 Å². The largest absolute Gasteiger partial charge is 0.367 e. The van der Waals surface area contributed by atoms with E-state index in [1.807, 2.05) is 6.92 Å². The monoisotopic (exact) mass is 353 g/mol. The number of fused-ring (bicyclic) bond motifs is 1. The van der Waals surface area contributed by atoms with Crippen molar-refractivity contribution in [1.29, 1.82) is 0 Å². The van der Waals surface area contributed by atoms with Gasteiger partial charge in [-0.3, -0.25) is 9.59 Å². The van der Waals surface area contributed by atoms with E-state index >= 15 is 0 Å². The molecule has 2 aliphatic rings. The van der Waals surface area contributed by atoms with Crippen LogP contribution in [0.25, 0.3) is 0 Å². The van der Waals surface area contributed by atoms with Crippen molar-refractivity contribution in [3.8, 4) is 0 Å². The molecule has 0 aromatic carbocycles. The third-order valence-electron chi connectivity index (χ3n) is 5.24. The van der Waals surface area contributed by atoms with Gasteiger partial charge in [-0.2, -0.15) is 0 Å². The summed E-state index contributed by atoms with van der Waals surface area (Å²) in [6.45, 7) is 3.02. The molecule has 2 aromatic rings. The Morgan fingerprint density at radius 2 is 2.08 bits per heavy atom. The zero-order valence-corrected chi connectivity index (χ0v) is 14.9. The fourth-order valence-corrected chi connectivity index (χ4v) is 3.55. The summed E-state index contributed by atoms with van der Waals surface area (Å²) in [5, 5.41) is 3.55. The molecule has 7 heteroatoms. The standard InChI is InChI=1S/C19H23N5O2/c1-12-21-16-8-11-24(19(26)15-6-3-9-20-18(15)25)10-7-14(16)17(22-12)23-13-4-2-5-13/h3,6,9,13H,2,4-5,7-8,10-11H2,1H3,(H,20,25)(H,21,22,23). The highest BCUT2D eigenvalue weighted by Crippen LogP contribution is 2.27. The molecule has 1 amide bonds. The number of anilines is 1. The minimum Gasteiger partial charge on any atom is -0.367 e. The van der Waals surface area contributed by atoms with Crippen molar-refractivity contribution in [2.75, 3.05) is 18.4 Å². The SMILES string of the molecule is Cc1nc2c(c(NC3CCC3)n1)CCN(C(=O)c1ccc[nH]c1=O)CC2. The Hall–Kier alpha value is -2.70. The number of hydrogen-bond acceptors (Lipinski definition) is 5. The van der Waals surface area contributed by atoms with Crippen molar-refractivity contribution in [2.45, 2.75) is 45.1 Å². The summed E-state index contributed by atoms with van der Waals surface area (Å²) in [4.78, 5) is 38.2. The van der Waals surface area contributed by atoms with Gasteiger partial charge in [0.15, 0.2) is 0 Å². The van der Waals surface area contributed by atoms with E-state index in [1.165, 1.54) is 25.5 Å². The predicted octanol–water partition coefficient (Wildman–Crippen LogP) is 1.68. The Bertz CT molecular complexity index is 888. The van der Waals surface area contributed by atoms with E-state index < -0.39 is 0 Å². The average Bonchev–Trinajstić information content (AvgIpc) is 2.80. The number of hydrogen-bond donors (Lipinski definition) is 2. The maximum absolute atomic E-state index is 12.8. The summed E-state index contributed by atoms with van der Waals surface area (Å²) < 4.78 is 0. The lowest BCUT2D eigenvalue weighted by Gasteiger charge is -2.28. The van der Waals surface area contributed by atoms with Gasteiger partial charge in [0.05, 0.1) is 5.69 Å².